The molecule has 4 nitrogen and oxygen atoms in total. The van der Waals surface area contributed by atoms with Crippen LogP contribution in [0.25, 0.3) is 0 Å². The highest BCUT2D eigenvalue weighted by molar-refractivity contribution is 5.47. The maximum atomic E-state index is 9.05. The van der Waals surface area contributed by atoms with Crippen LogP contribution in [0.3, 0.4) is 0 Å². The number of nitrogens with one attached hydrogen (secondary N) is 1. The molecule has 0 aliphatic rings. The molecule has 0 fully saturated rings. The molecule has 1 unspecified atom stereocenters. The fraction of sp³-hybridized carbons (Fsp3) is 0.545. The number of pyridine rings is 1. The minimum Gasteiger partial charge on any atom is -0.394 e. The van der Waals surface area contributed by atoms with Crippen LogP contribution in [0, 0.1) is 0 Å². The summed E-state index contributed by atoms with van der Waals surface area (Å²) in [5, 5.41) is 12.2. The van der Waals surface area contributed by atoms with E-state index in [9.17, 15) is 0 Å². The fourth-order valence-corrected chi connectivity index (χ4v) is 1.25. The summed E-state index contributed by atoms with van der Waals surface area (Å²) in [7, 11) is 1.93. The average molecular weight is 209 g/mol. The van der Waals surface area contributed by atoms with Gasteiger partial charge in [0.2, 0.25) is 0 Å². The lowest BCUT2D eigenvalue weighted by Crippen LogP contribution is -2.32. The number of aliphatic hydroxyl groups is 1. The number of hydrogen-bond acceptors (Lipinski definition) is 4. The van der Waals surface area contributed by atoms with Crippen LogP contribution in [0.5, 0.6) is 0 Å². The third kappa shape index (κ3) is 3.09. The Morgan fingerprint density at radius 2 is 2.27 bits per heavy atom. The zero-order chi connectivity index (χ0) is 11.3. The van der Waals surface area contributed by atoms with Crippen molar-refractivity contribution in [1.82, 2.24) is 4.98 Å². The van der Waals surface area contributed by atoms with E-state index < -0.39 is 0 Å². The number of aromatic nitrogens is 1. The topological polar surface area (TPSA) is 48.4 Å². The number of aliphatic hydroxyl groups excluding tert-OH is 1. The Labute approximate surface area is 90.9 Å². The Morgan fingerprint density at radius 3 is 2.87 bits per heavy atom. The van der Waals surface area contributed by atoms with E-state index in [1.54, 1.807) is 0 Å². The van der Waals surface area contributed by atoms with Crippen molar-refractivity contribution in [3.8, 4) is 0 Å². The Bertz CT molecular complexity index is 304. The average Bonchev–Trinajstić information content (AvgIpc) is 2.28. The van der Waals surface area contributed by atoms with E-state index in [2.05, 4.69) is 10.3 Å². The smallest absolute Gasteiger partial charge is 0.131 e. The first-order valence-electron chi connectivity index (χ1n) is 5.23. The van der Waals surface area contributed by atoms with Gasteiger partial charge >= 0.3 is 0 Å². The van der Waals surface area contributed by atoms with Crippen LogP contribution in [0.15, 0.2) is 18.2 Å². The first-order chi connectivity index (χ1) is 7.19. The Kier molecular flexibility index (Phi) is 4.37. The Balaban J connectivity index is 2.80. The van der Waals surface area contributed by atoms with Crippen molar-refractivity contribution < 1.29 is 5.11 Å². The van der Waals surface area contributed by atoms with Crippen molar-refractivity contribution in [2.45, 2.75) is 19.9 Å². The highest BCUT2D eigenvalue weighted by Gasteiger charge is 2.09. The van der Waals surface area contributed by atoms with E-state index in [1.165, 1.54) is 0 Å². The van der Waals surface area contributed by atoms with Gasteiger partial charge in [-0.2, -0.15) is 0 Å². The minimum atomic E-state index is 0.0781. The lowest BCUT2D eigenvalue weighted by Gasteiger charge is -2.24. The molecule has 0 saturated carbocycles. The molecule has 84 valence electrons. The van der Waals surface area contributed by atoms with E-state index in [0.717, 1.165) is 18.2 Å². The van der Waals surface area contributed by atoms with Crippen LogP contribution in [0.2, 0.25) is 0 Å². The molecule has 1 atom stereocenters. The largest absolute Gasteiger partial charge is 0.394 e. The summed E-state index contributed by atoms with van der Waals surface area (Å²) < 4.78 is 0. The Hall–Kier alpha value is -1.29. The monoisotopic (exact) mass is 209 g/mol. The lowest BCUT2D eigenvalue weighted by molar-refractivity contribution is 0.270. The molecule has 0 radical (unpaired) electrons. The van der Waals surface area contributed by atoms with Gasteiger partial charge in [-0.25, -0.2) is 4.98 Å². The van der Waals surface area contributed by atoms with E-state index in [0.29, 0.717) is 0 Å². The zero-order valence-corrected chi connectivity index (χ0v) is 9.57. The predicted octanol–water partition coefficient (Wildman–Crippen LogP) is 1.33. The van der Waals surface area contributed by atoms with Gasteiger partial charge in [0.05, 0.1) is 12.6 Å². The molecule has 4 heteroatoms. The molecule has 0 aromatic carbocycles. The standard InChI is InChI=1S/C11H19N3O/c1-4-12-10-6-5-7-11(13-10)14(3)9(2)8-15/h5-7,9,15H,4,8H2,1-3H3,(H,12,13). The maximum absolute atomic E-state index is 9.05. The summed E-state index contributed by atoms with van der Waals surface area (Å²) in [6.45, 7) is 4.98. The molecular formula is C11H19N3O. The van der Waals surface area contributed by atoms with Gasteiger partial charge in [0, 0.05) is 13.6 Å². The maximum Gasteiger partial charge on any atom is 0.131 e. The highest BCUT2D eigenvalue weighted by atomic mass is 16.3. The number of anilines is 2. The van der Waals surface area contributed by atoms with E-state index in [1.807, 2.05) is 44.0 Å². The fourth-order valence-electron chi connectivity index (χ4n) is 1.25. The van der Waals surface area contributed by atoms with Crippen LogP contribution in [-0.4, -0.2) is 36.3 Å². The van der Waals surface area contributed by atoms with E-state index in [4.69, 9.17) is 5.11 Å². The van der Waals surface area contributed by atoms with Gasteiger partial charge in [0.1, 0.15) is 11.6 Å². The quantitative estimate of drug-likeness (QED) is 0.768. The molecule has 0 aliphatic heterocycles. The molecule has 1 aromatic rings. The second kappa shape index (κ2) is 5.56. The summed E-state index contributed by atoms with van der Waals surface area (Å²) in [4.78, 5) is 6.39. The van der Waals surface area contributed by atoms with Crippen LogP contribution in [0.1, 0.15) is 13.8 Å². The molecule has 15 heavy (non-hydrogen) atoms. The molecular weight excluding hydrogens is 190 g/mol. The van der Waals surface area contributed by atoms with Crippen molar-refractivity contribution in [2.75, 3.05) is 30.4 Å². The molecule has 0 spiro atoms. The number of likely N-dealkylation sites (N-methyl/N-ethyl adjacent to an activating group) is 1. The van der Waals surface area contributed by atoms with Crippen LogP contribution >= 0.6 is 0 Å². The predicted molar refractivity (Wildman–Crippen MR) is 63.4 cm³/mol. The molecule has 0 amide bonds. The summed E-state index contributed by atoms with van der Waals surface area (Å²) in [5.41, 5.74) is 0. The molecule has 1 aromatic heterocycles. The molecule has 2 N–H and O–H groups in total. The number of nitrogens with zero attached hydrogens (tertiary/aromatic N) is 2. The molecule has 0 aliphatic carbocycles. The van der Waals surface area contributed by atoms with Crippen molar-refractivity contribution in [3.63, 3.8) is 0 Å². The van der Waals surface area contributed by atoms with Crippen molar-refractivity contribution in [2.24, 2.45) is 0 Å². The summed E-state index contributed by atoms with van der Waals surface area (Å²) in [6, 6.07) is 5.91. The number of rotatable bonds is 5. The van der Waals surface area contributed by atoms with Gasteiger partial charge in [0.15, 0.2) is 0 Å². The summed E-state index contributed by atoms with van der Waals surface area (Å²) >= 11 is 0. The van der Waals surface area contributed by atoms with Gasteiger partial charge in [-0.3, -0.25) is 0 Å². The highest BCUT2D eigenvalue weighted by Crippen LogP contribution is 2.14. The minimum absolute atomic E-state index is 0.0781. The van der Waals surface area contributed by atoms with Gasteiger partial charge in [0.25, 0.3) is 0 Å². The zero-order valence-electron chi connectivity index (χ0n) is 9.57. The third-order valence-corrected chi connectivity index (χ3v) is 2.38. The van der Waals surface area contributed by atoms with Crippen molar-refractivity contribution in [1.29, 1.82) is 0 Å². The summed E-state index contributed by atoms with van der Waals surface area (Å²) in [5.74, 6) is 1.74. The molecule has 0 saturated heterocycles. The number of hydrogen-bond donors (Lipinski definition) is 2. The van der Waals surface area contributed by atoms with Crippen molar-refractivity contribution >= 4 is 11.6 Å². The normalized spacial score (nSPS) is 12.3. The van der Waals surface area contributed by atoms with E-state index in [-0.39, 0.29) is 12.6 Å². The second-order valence-corrected chi connectivity index (χ2v) is 3.55. The van der Waals surface area contributed by atoms with Crippen LogP contribution in [0.4, 0.5) is 11.6 Å². The second-order valence-electron chi connectivity index (χ2n) is 3.55. The van der Waals surface area contributed by atoms with Gasteiger partial charge < -0.3 is 15.3 Å². The van der Waals surface area contributed by atoms with Crippen LogP contribution in [-0.2, 0) is 0 Å². The first-order valence-corrected chi connectivity index (χ1v) is 5.23. The molecule has 1 heterocycles. The molecule has 1 rings (SSSR count). The third-order valence-electron chi connectivity index (χ3n) is 2.38. The Morgan fingerprint density at radius 1 is 1.53 bits per heavy atom. The SMILES string of the molecule is CCNc1cccc(N(C)C(C)CO)n1. The lowest BCUT2D eigenvalue weighted by atomic mass is 10.3. The van der Waals surface area contributed by atoms with Gasteiger partial charge in [-0.1, -0.05) is 6.07 Å². The first kappa shape index (κ1) is 11.8. The van der Waals surface area contributed by atoms with Gasteiger partial charge in [-0.15, -0.1) is 0 Å². The van der Waals surface area contributed by atoms with Crippen molar-refractivity contribution in [3.05, 3.63) is 18.2 Å². The summed E-state index contributed by atoms with van der Waals surface area (Å²) in [6.07, 6.45) is 0. The molecule has 0 bridgehead atoms. The van der Waals surface area contributed by atoms with E-state index >= 15 is 0 Å². The van der Waals surface area contributed by atoms with Crippen LogP contribution < -0.4 is 10.2 Å². The van der Waals surface area contributed by atoms with Gasteiger partial charge in [-0.05, 0) is 26.0 Å².